The van der Waals surface area contributed by atoms with Crippen LogP contribution in [0.5, 0.6) is 0 Å². The topological polar surface area (TPSA) is 64.7 Å². The molecule has 0 atom stereocenters. The van der Waals surface area contributed by atoms with Gasteiger partial charge in [-0.2, -0.15) is 0 Å². The fourth-order valence-corrected chi connectivity index (χ4v) is 6.27. The second-order valence-electron chi connectivity index (χ2n) is 11.1. The zero-order chi connectivity index (χ0) is 29.7. The van der Waals surface area contributed by atoms with E-state index in [1.54, 1.807) is 0 Å². The predicted octanol–water partition coefficient (Wildman–Crippen LogP) is 10.1. The van der Waals surface area contributed by atoms with E-state index in [9.17, 15) is 0 Å². The molecule has 45 heavy (non-hydrogen) atoms. The molecule has 0 aliphatic rings. The van der Waals surface area contributed by atoms with Crippen molar-refractivity contribution in [3.8, 4) is 45.3 Å². The minimum absolute atomic E-state index is 0.608. The van der Waals surface area contributed by atoms with Crippen molar-refractivity contribution in [2.24, 2.45) is 0 Å². The van der Waals surface area contributed by atoms with Gasteiger partial charge in [0.25, 0.3) is 0 Å². The number of pyridine rings is 1. The molecule has 9 aromatic rings. The molecule has 0 aliphatic carbocycles. The highest BCUT2D eigenvalue weighted by molar-refractivity contribution is 6.19. The molecule has 0 bridgehead atoms. The first-order valence-electron chi connectivity index (χ1n) is 14.9. The minimum Gasteiger partial charge on any atom is -0.456 e. The molecule has 0 fully saturated rings. The zero-order valence-electron chi connectivity index (χ0n) is 24.1. The molecule has 0 radical (unpaired) electrons. The van der Waals surface area contributed by atoms with Crippen LogP contribution in [0.25, 0.3) is 88.9 Å². The highest BCUT2D eigenvalue weighted by Gasteiger charge is 2.18. The Hall–Kier alpha value is -6.20. The van der Waals surface area contributed by atoms with E-state index < -0.39 is 0 Å². The molecule has 6 aromatic carbocycles. The second kappa shape index (κ2) is 10.2. The SMILES string of the molecule is c1ccc(-c2nc(-c3ccccc3)nc(-c3ccc4oc5cccc(-c6cccc7ccc8cccnc8c67)c5c4c3)n2)cc1. The van der Waals surface area contributed by atoms with Crippen LogP contribution < -0.4 is 0 Å². The van der Waals surface area contributed by atoms with Gasteiger partial charge in [-0.15, -0.1) is 0 Å². The quantitative estimate of drug-likeness (QED) is 0.195. The number of rotatable bonds is 4. The lowest BCUT2D eigenvalue weighted by Crippen LogP contribution is -2.00. The fourth-order valence-electron chi connectivity index (χ4n) is 6.27. The Bertz CT molecular complexity index is 2480. The van der Waals surface area contributed by atoms with Crippen molar-refractivity contribution in [1.82, 2.24) is 19.9 Å². The Kier molecular flexibility index (Phi) is 5.74. The van der Waals surface area contributed by atoms with Crippen molar-refractivity contribution in [2.45, 2.75) is 0 Å². The van der Waals surface area contributed by atoms with Gasteiger partial charge in [-0.3, -0.25) is 4.98 Å². The van der Waals surface area contributed by atoms with Gasteiger partial charge in [0.2, 0.25) is 0 Å². The lowest BCUT2D eigenvalue weighted by molar-refractivity contribution is 0.669. The Labute approximate surface area is 258 Å². The third kappa shape index (κ3) is 4.25. The maximum atomic E-state index is 6.42. The molecule has 0 amide bonds. The largest absolute Gasteiger partial charge is 0.456 e. The van der Waals surface area contributed by atoms with Gasteiger partial charge in [0, 0.05) is 44.4 Å². The molecule has 5 heteroatoms. The average Bonchev–Trinajstić information content (AvgIpc) is 3.50. The number of nitrogens with zero attached hydrogens (tertiary/aromatic N) is 4. The van der Waals surface area contributed by atoms with Crippen molar-refractivity contribution in [2.75, 3.05) is 0 Å². The summed E-state index contributed by atoms with van der Waals surface area (Å²) in [5.41, 5.74) is 7.61. The molecule has 3 heterocycles. The summed E-state index contributed by atoms with van der Waals surface area (Å²) >= 11 is 0. The zero-order valence-corrected chi connectivity index (χ0v) is 24.1. The molecule has 0 saturated heterocycles. The number of hydrogen-bond acceptors (Lipinski definition) is 5. The summed E-state index contributed by atoms with van der Waals surface area (Å²) in [5.74, 6) is 1.87. The van der Waals surface area contributed by atoms with Gasteiger partial charge in [-0.25, -0.2) is 15.0 Å². The molecule has 9 rings (SSSR count). The van der Waals surface area contributed by atoms with Gasteiger partial charge in [0.1, 0.15) is 11.2 Å². The maximum Gasteiger partial charge on any atom is 0.164 e. The number of furan rings is 1. The Balaban J connectivity index is 1.29. The first-order chi connectivity index (χ1) is 22.3. The monoisotopic (exact) mass is 576 g/mol. The Morgan fingerprint density at radius 2 is 1.04 bits per heavy atom. The van der Waals surface area contributed by atoms with Crippen LogP contribution in [0.2, 0.25) is 0 Å². The van der Waals surface area contributed by atoms with E-state index in [1.807, 2.05) is 91.1 Å². The Morgan fingerprint density at radius 3 is 1.78 bits per heavy atom. The summed E-state index contributed by atoms with van der Waals surface area (Å²) in [6.45, 7) is 0. The molecule has 3 aromatic heterocycles. The van der Waals surface area contributed by atoms with Gasteiger partial charge in [-0.05, 0) is 46.8 Å². The van der Waals surface area contributed by atoms with Gasteiger partial charge in [0.05, 0.1) is 5.52 Å². The highest BCUT2D eigenvalue weighted by atomic mass is 16.3. The van der Waals surface area contributed by atoms with E-state index in [0.717, 1.165) is 71.4 Å². The summed E-state index contributed by atoms with van der Waals surface area (Å²) in [4.78, 5) is 19.6. The van der Waals surface area contributed by atoms with E-state index in [-0.39, 0.29) is 0 Å². The second-order valence-corrected chi connectivity index (χ2v) is 11.1. The van der Waals surface area contributed by atoms with E-state index >= 15 is 0 Å². The molecular formula is C40H24N4O. The average molecular weight is 577 g/mol. The van der Waals surface area contributed by atoms with Gasteiger partial charge < -0.3 is 4.42 Å². The third-order valence-electron chi connectivity index (χ3n) is 8.36. The minimum atomic E-state index is 0.608. The number of hydrogen-bond donors (Lipinski definition) is 0. The van der Waals surface area contributed by atoms with Crippen molar-refractivity contribution in [3.05, 3.63) is 146 Å². The standard InChI is InChI=1S/C40H24N4O/c1-3-10-27(11-4-1)38-42-39(28-12-5-2-6-13-28)44-40(43-38)29-21-22-33-32(24-29)36-31(17-8-18-34(36)45-33)30-16-7-14-25-19-20-26-15-9-23-41-37(26)35(25)30/h1-24H. The lowest BCUT2D eigenvalue weighted by atomic mass is 9.93. The van der Waals surface area contributed by atoms with Gasteiger partial charge in [-0.1, -0.05) is 109 Å². The fraction of sp³-hybridized carbons (Fsp3) is 0. The van der Waals surface area contributed by atoms with Crippen molar-refractivity contribution in [1.29, 1.82) is 0 Å². The van der Waals surface area contributed by atoms with Crippen LogP contribution in [0.4, 0.5) is 0 Å². The van der Waals surface area contributed by atoms with Gasteiger partial charge in [0.15, 0.2) is 17.5 Å². The van der Waals surface area contributed by atoms with Crippen LogP contribution in [0.3, 0.4) is 0 Å². The summed E-state index contributed by atoms with van der Waals surface area (Å²) in [7, 11) is 0. The smallest absolute Gasteiger partial charge is 0.164 e. The lowest BCUT2D eigenvalue weighted by Gasteiger charge is -2.11. The van der Waals surface area contributed by atoms with E-state index in [2.05, 4.69) is 54.6 Å². The van der Waals surface area contributed by atoms with Crippen molar-refractivity contribution >= 4 is 43.6 Å². The summed E-state index contributed by atoms with van der Waals surface area (Å²) < 4.78 is 6.42. The first-order valence-corrected chi connectivity index (χ1v) is 14.9. The van der Waals surface area contributed by atoms with Crippen LogP contribution in [-0.2, 0) is 0 Å². The number of aromatic nitrogens is 4. The van der Waals surface area contributed by atoms with Crippen LogP contribution in [0, 0.1) is 0 Å². The van der Waals surface area contributed by atoms with Crippen LogP contribution in [0.15, 0.2) is 150 Å². The summed E-state index contributed by atoms with van der Waals surface area (Å²) in [5, 5.41) is 5.45. The maximum absolute atomic E-state index is 6.42. The first kappa shape index (κ1) is 25.3. The van der Waals surface area contributed by atoms with E-state index in [1.165, 1.54) is 0 Å². The molecule has 0 spiro atoms. The summed E-state index contributed by atoms with van der Waals surface area (Å²) in [6.07, 6.45) is 1.86. The van der Waals surface area contributed by atoms with Crippen LogP contribution in [-0.4, -0.2) is 19.9 Å². The van der Waals surface area contributed by atoms with Crippen molar-refractivity contribution in [3.63, 3.8) is 0 Å². The van der Waals surface area contributed by atoms with E-state index in [4.69, 9.17) is 24.4 Å². The molecule has 210 valence electrons. The predicted molar refractivity (Wildman–Crippen MR) is 182 cm³/mol. The normalized spacial score (nSPS) is 11.6. The van der Waals surface area contributed by atoms with Crippen molar-refractivity contribution < 1.29 is 4.42 Å². The summed E-state index contributed by atoms with van der Waals surface area (Å²) in [6, 6.07) is 47.4. The number of fused-ring (bicyclic) bond motifs is 6. The number of benzene rings is 6. The molecule has 0 unspecified atom stereocenters. The van der Waals surface area contributed by atoms with Crippen LogP contribution >= 0.6 is 0 Å². The third-order valence-corrected chi connectivity index (χ3v) is 8.36. The molecule has 0 saturated carbocycles. The molecular weight excluding hydrogens is 552 g/mol. The molecule has 0 aliphatic heterocycles. The van der Waals surface area contributed by atoms with Crippen LogP contribution in [0.1, 0.15) is 0 Å². The Morgan fingerprint density at radius 1 is 0.422 bits per heavy atom. The van der Waals surface area contributed by atoms with E-state index in [0.29, 0.717) is 17.5 Å². The van der Waals surface area contributed by atoms with Gasteiger partial charge >= 0.3 is 0 Å². The highest BCUT2D eigenvalue weighted by Crippen LogP contribution is 2.41. The molecule has 5 nitrogen and oxygen atoms in total. The molecule has 0 N–H and O–H groups in total.